The first-order chi connectivity index (χ1) is 7.49. The van der Waals surface area contributed by atoms with Gasteiger partial charge in [-0.05, 0) is 18.4 Å². The van der Waals surface area contributed by atoms with Gasteiger partial charge in [0.2, 0.25) is 0 Å². The second-order valence-corrected chi connectivity index (χ2v) is 6.26. The van der Waals surface area contributed by atoms with Crippen molar-refractivity contribution >= 4 is 0 Å². The Morgan fingerprint density at radius 2 is 1.62 bits per heavy atom. The van der Waals surface area contributed by atoms with Gasteiger partial charge in [0, 0.05) is 25.9 Å². The number of ether oxygens (including phenoxy) is 2. The molecule has 0 unspecified atom stereocenters. The van der Waals surface area contributed by atoms with Gasteiger partial charge in [0.05, 0.1) is 13.2 Å². The zero-order chi connectivity index (χ0) is 11.6. The summed E-state index contributed by atoms with van der Waals surface area (Å²) in [4.78, 5) is 2.54. The van der Waals surface area contributed by atoms with Crippen LogP contribution in [0.3, 0.4) is 0 Å². The van der Waals surface area contributed by atoms with Crippen molar-refractivity contribution in [3.8, 4) is 0 Å². The van der Waals surface area contributed by atoms with Crippen molar-refractivity contribution in [2.45, 2.75) is 45.8 Å². The fourth-order valence-electron chi connectivity index (χ4n) is 2.40. The van der Waals surface area contributed by atoms with E-state index in [2.05, 4.69) is 25.7 Å². The molecule has 2 aliphatic rings. The SMILES string of the molecule is CC(C)(C)CCN1CCC2(CC1)OCCO2. The highest BCUT2D eigenvalue weighted by Crippen LogP contribution is 2.31. The van der Waals surface area contributed by atoms with Gasteiger partial charge >= 0.3 is 0 Å². The zero-order valence-electron chi connectivity index (χ0n) is 10.9. The van der Waals surface area contributed by atoms with Crippen LogP contribution in [-0.2, 0) is 9.47 Å². The molecule has 0 aromatic carbocycles. The van der Waals surface area contributed by atoms with E-state index in [1.807, 2.05) is 0 Å². The van der Waals surface area contributed by atoms with Gasteiger partial charge in [-0.3, -0.25) is 0 Å². The maximum atomic E-state index is 5.73. The summed E-state index contributed by atoms with van der Waals surface area (Å²) in [5.74, 6) is -0.210. The quantitative estimate of drug-likeness (QED) is 0.722. The van der Waals surface area contributed by atoms with E-state index in [4.69, 9.17) is 9.47 Å². The molecule has 2 aliphatic heterocycles. The summed E-state index contributed by atoms with van der Waals surface area (Å²) in [7, 11) is 0. The van der Waals surface area contributed by atoms with Gasteiger partial charge < -0.3 is 14.4 Å². The molecule has 0 radical (unpaired) electrons. The molecule has 3 nitrogen and oxygen atoms in total. The lowest BCUT2D eigenvalue weighted by molar-refractivity contribution is -0.185. The van der Waals surface area contributed by atoms with Gasteiger partial charge in [-0.15, -0.1) is 0 Å². The van der Waals surface area contributed by atoms with Gasteiger partial charge in [-0.2, -0.15) is 0 Å². The summed E-state index contributed by atoms with van der Waals surface area (Å²) in [5, 5.41) is 0. The van der Waals surface area contributed by atoms with Gasteiger partial charge in [0.25, 0.3) is 0 Å². The van der Waals surface area contributed by atoms with Crippen molar-refractivity contribution in [3.05, 3.63) is 0 Å². The van der Waals surface area contributed by atoms with Crippen LogP contribution >= 0.6 is 0 Å². The molecular formula is C13H25NO2. The van der Waals surface area contributed by atoms with E-state index < -0.39 is 0 Å². The van der Waals surface area contributed by atoms with Crippen LogP contribution in [0.15, 0.2) is 0 Å². The average Bonchev–Trinajstić information content (AvgIpc) is 2.65. The summed E-state index contributed by atoms with van der Waals surface area (Å²) in [6, 6.07) is 0. The van der Waals surface area contributed by atoms with Crippen LogP contribution < -0.4 is 0 Å². The molecule has 0 bridgehead atoms. The van der Waals surface area contributed by atoms with Crippen LogP contribution in [0.4, 0.5) is 0 Å². The lowest BCUT2D eigenvalue weighted by Crippen LogP contribution is -2.45. The van der Waals surface area contributed by atoms with Gasteiger partial charge in [0.1, 0.15) is 0 Å². The summed E-state index contributed by atoms with van der Waals surface area (Å²) >= 11 is 0. The number of piperidine rings is 1. The number of rotatable bonds is 2. The molecule has 2 saturated heterocycles. The van der Waals surface area contributed by atoms with E-state index in [9.17, 15) is 0 Å². The molecule has 0 aliphatic carbocycles. The Balaban J connectivity index is 1.73. The summed E-state index contributed by atoms with van der Waals surface area (Å²) in [6.45, 7) is 11.9. The fraction of sp³-hybridized carbons (Fsp3) is 1.00. The molecule has 0 aromatic rings. The smallest absolute Gasteiger partial charge is 0.170 e. The second-order valence-electron chi connectivity index (χ2n) is 6.26. The third kappa shape index (κ3) is 3.19. The first kappa shape index (κ1) is 12.3. The first-order valence-corrected chi connectivity index (χ1v) is 6.49. The summed E-state index contributed by atoms with van der Waals surface area (Å²) in [6.07, 6.45) is 3.34. The molecule has 2 fully saturated rings. The number of nitrogens with zero attached hydrogens (tertiary/aromatic N) is 1. The highest BCUT2D eigenvalue weighted by Gasteiger charge is 2.39. The van der Waals surface area contributed by atoms with Crippen LogP contribution in [0.2, 0.25) is 0 Å². The predicted octanol–water partition coefficient (Wildman–Crippen LogP) is 2.26. The maximum Gasteiger partial charge on any atom is 0.170 e. The normalized spacial score (nSPS) is 26.4. The second kappa shape index (κ2) is 4.63. The molecule has 0 aromatic heterocycles. The molecule has 0 N–H and O–H groups in total. The van der Waals surface area contributed by atoms with Crippen molar-refractivity contribution in [1.82, 2.24) is 4.90 Å². The molecular weight excluding hydrogens is 202 g/mol. The number of likely N-dealkylation sites (tertiary alicyclic amines) is 1. The standard InChI is InChI=1S/C13H25NO2/c1-12(2,3)4-7-14-8-5-13(6-9-14)15-10-11-16-13/h4-11H2,1-3H3. The molecule has 94 valence electrons. The van der Waals surface area contributed by atoms with E-state index >= 15 is 0 Å². The van der Waals surface area contributed by atoms with E-state index in [0.717, 1.165) is 39.1 Å². The molecule has 0 atom stereocenters. The molecule has 0 amide bonds. The molecule has 2 heterocycles. The van der Waals surface area contributed by atoms with E-state index in [1.54, 1.807) is 0 Å². The zero-order valence-corrected chi connectivity index (χ0v) is 10.9. The third-order valence-electron chi connectivity index (χ3n) is 3.61. The van der Waals surface area contributed by atoms with Crippen LogP contribution in [0.5, 0.6) is 0 Å². The molecule has 0 saturated carbocycles. The minimum atomic E-state index is -0.210. The van der Waals surface area contributed by atoms with Crippen LogP contribution in [-0.4, -0.2) is 43.5 Å². The van der Waals surface area contributed by atoms with E-state index in [-0.39, 0.29) is 5.79 Å². The van der Waals surface area contributed by atoms with Crippen LogP contribution in [0.1, 0.15) is 40.0 Å². The van der Waals surface area contributed by atoms with Crippen LogP contribution in [0, 0.1) is 5.41 Å². The van der Waals surface area contributed by atoms with E-state index in [1.165, 1.54) is 13.0 Å². The molecule has 2 rings (SSSR count). The Bertz CT molecular complexity index is 219. The lowest BCUT2D eigenvalue weighted by Gasteiger charge is -2.38. The van der Waals surface area contributed by atoms with Gasteiger partial charge in [0.15, 0.2) is 5.79 Å². The molecule has 16 heavy (non-hydrogen) atoms. The predicted molar refractivity (Wildman–Crippen MR) is 64.4 cm³/mol. The third-order valence-corrected chi connectivity index (χ3v) is 3.61. The highest BCUT2D eigenvalue weighted by molar-refractivity contribution is 4.83. The number of hydrogen-bond acceptors (Lipinski definition) is 3. The Morgan fingerprint density at radius 3 is 2.12 bits per heavy atom. The number of hydrogen-bond donors (Lipinski definition) is 0. The summed E-state index contributed by atoms with van der Waals surface area (Å²) in [5.41, 5.74) is 0.440. The molecule has 1 spiro atoms. The molecule has 3 heteroatoms. The van der Waals surface area contributed by atoms with Gasteiger partial charge in [-0.25, -0.2) is 0 Å². The topological polar surface area (TPSA) is 21.7 Å². The first-order valence-electron chi connectivity index (χ1n) is 6.49. The van der Waals surface area contributed by atoms with Crippen molar-refractivity contribution in [3.63, 3.8) is 0 Å². The van der Waals surface area contributed by atoms with Crippen molar-refractivity contribution < 1.29 is 9.47 Å². The van der Waals surface area contributed by atoms with Gasteiger partial charge in [-0.1, -0.05) is 20.8 Å². The van der Waals surface area contributed by atoms with E-state index in [0.29, 0.717) is 5.41 Å². The van der Waals surface area contributed by atoms with Crippen molar-refractivity contribution in [2.24, 2.45) is 5.41 Å². The monoisotopic (exact) mass is 227 g/mol. The fourth-order valence-corrected chi connectivity index (χ4v) is 2.40. The minimum absolute atomic E-state index is 0.210. The Morgan fingerprint density at radius 1 is 1.06 bits per heavy atom. The highest BCUT2D eigenvalue weighted by atomic mass is 16.7. The lowest BCUT2D eigenvalue weighted by atomic mass is 9.91. The average molecular weight is 227 g/mol. The Kier molecular flexibility index (Phi) is 3.57. The van der Waals surface area contributed by atoms with Crippen molar-refractivity contribution in [2.75, 3.05) is 32.8 Å². The Hall–Kier alpha value is -0.120. The maximum absolute atomic E-state index is 5.73. The van der Waals surface area contributed by atoms with Crippen LogP contribution in [0.25, 0.3) is 0 Å². The van der Waals surface area contributed by atoms with Crippen molar-refractivity contribution in [1.29, 1.82) is 0 Å². The largest absolute Gasteiger partial charge is 0.347 e. The Labute approximate surface area is 99.1 Å². The minimum Gasteiger partial charge on any atom is -0.347 e. The summed E-state index contributed by atoms with van der Waals surface area (Å²) < 4.78 is 11.5.